The van der Waals surface area contributed by atoms with Gasteiger partial charge in [0.1, 0.15) is 11.5 Å². The van der Waals surface area contributed by atoms with Crippen molar-refractivity contribution >= 4 is 23.0 Å². The number of nitro benzene ring substituents is 1. The Hall–Kier alpha value is -3.00. The Morgan fingerprint density at radius 1 is 1.20 bits per heavy atom. The van der Waals surface area contributed by atoms with Gasteiger partial charge in [-0.2, -0.15) is 0 Å². The zero-order valence-corrected chi connectivity index (χ0v) is 13.3. The smallest absolute Gasteiger partial charge is 0.294 e. The van der Waals surface area contributed by atoms with Crippen LogP contribution in [-0.4, -0.2) is 37.1 Å². The summed E-state index contributed by atoms with van der Waals surface area (Å²) in [4.78, 5) is 24.9. The van der Waals surface area contributed by atoms with Gasteiger partial charge in [0.2, 0.25) is 0 Å². The van der Waals surface area contributed by atoms with Gasteiger partial charge in [-0.25, -0.2) is 4.39 Å². The molecule has 1 N–H and O–H groups in total. The number of hydrogen-bond donors (Lipinski definition) is 1. The summed E-state index contributed by atoms with van der Waals surface area (Å²) in [6, 6.07) is 9.98. The van der Waals surface area contributed by atoms with Crippen LogP contribution < -0.4 is 10.2 Å². The van der Waals surface area contributed by atoms with Crippen molar-refractivity contribution in [3.8, 4) is 0 Å². The molecule has 1 amide bonds. The predicted octanol–water partition coefficient (Wildman–Crippen LogP) is 2.82. The van der Waals surface area contributed by atoms with Crippen LogP contribution in [0.4, 0.5) is 21.5 Å². The number of anilines is 2. The van der Waals surface area contributed by atoms with Gasteiger partial charge in [0.15, 0.2) is 0 Å². The number of morpholine rings is 1. The summed E-state index contributed by atoms with van der Waals surface area (Å²) in [6.07, 6.45) is 0. The SMILES string of the molecule is O=C(Nc1ccc(N2CCOCC2)c([N+](=O)[O-])c1)c1ccccc1F. The zero-order chi connectivity index (χ0) is 17.8. The summed E-state index contributed by atoms with van der Waals surface area (Å²) < 4.78 is 18.9. The molecule has 2 aromatic rings. The van der Waals surface area contributed by atoms with E-state index in [-0.39, 0.29) is 16.9 Å². The maximum absolute atomic E-state index is 13.7. The first-order valence-electron chi connectivity index (χ1n) is 7.73. The van der Waals surface area contributed by atoms with Crippen LogP contribution in [0.5, 0.6) is 0 Å². The van der Waals surface area contributed by atoms with Crippen molar-refractivity contribution in [2.45, 2.75) is 0 Å². The van der Waals surface area contributed by atoms with Gasteiger partial charge in [-0.05, 0) is 24.3 Å². The molecule has 8 heteroatoms. The molecular formula is C17H16FN3O4. The second-order valence-corrected chi connectivity index (χ2v) is 5.49. The Bertz CT molecular complexity index is 806. The van der Waals surface area contributed by atoms with Gasteiger partial charge in [0.25, 0.3) is 11.6 Å². The van der Waals surface area contributed by atoms with E-state index in [1.54, 1.807) is 18.2 Å². The van der Waals surface area contributed by atoms with E-state index < -0.39 is 16.6 Å². The fourth-order valence-corrected chi connectivity index (χ4v) is 2.66. The van der Waals surface area contributed by atoms with Crippen LogP contribution >= 0.6 is 0 Å². The van der Waals surface area contributed by atoms with Gasteiger partial charge >= 0.3 is 0 Å². The van der Waals surface area contributed by atoms with Gasteiger partial charge in [-0.15, -0.1) is 0 Å². The van der Waals surface area contributed by atoms with Crippen LogP contribution in [0.1, 0.15) is 10.4 Å². The Morgan fingerprint density at radius 3 is 2.60 bits per heavy atom. The molecule has 1 aliphatic rings. The minimum atomic E-state index is -0.661. The molecule has 3 rings (SSSR count). The molecule has 130 valence electrons. The average Bonchev–Trinajstić information content (AvgIpc) is 2.62. The molecule has 1 heterocycles. The van der Waals surface area contributed by atoms with Gasteiger partial charge in [-0.1, -0.05) is 12.1 Å². The third-order valence-corrected chi connectivity index (χ3v) is 3.90. The van der Waals surface area contributed by atoms with Crippen molar-refractivity contribution in [3.63, 3.8) is 0 Å². The standard InChI is InChI=1S/C17H16FN3O4/c18-14-4-2-1-3-13(14)17(22)19-12-5-6-15(16(11-12)21(23)24)20-7-9-25-10-8-20/h1-6,11H,7-10H2,(H,19,22). The lowest BCUT2D eigenvalue weighted by Crippen LogP contribution is -2.36. The van der Waals surface area contributed by atoms with Crippen LogP contribution in [0.3, 0.4) is 0 Å². The molecule has 1 saturated heterocycles. The van der Waals surface area contributed by atoms with E-state index in [1.807, 2.05) is 4.90 Å². The van der Waals surface area contributed by atoms with Crippen LogP contribution in [0, 0.1) is 15.9 Å². The van der Waals surface area contributed by atoms with E-state index in [4.69, 9.17) is 4.74 Å². The Morgan fingerprint density at radius 2 is 1.92 bits per heavy atom. The van der Waals surface area contributed by atoms with E-state index in [1.165, 1.54) is 24.3 Å². The van der Waals surface area contributed by atoms with Crippen LogP contribution in [0.25, 0.3) is 0 Å². The highest BCUT2D eigenvalue weighted by Gasteiger charge is 2.22. The van der Waals surface area contributed by atoms with E-state index >= 15 is 0 Å². The first-order valence-corrected chi connectivity index (χ1v) is 7.73. The minimum Gasteiger partial charge on any atom is -0.378 e. The largest absolute Gasteiger partial charge is 0.378 e. The van der Waals surface area contributed by atoms with Crippen LogP contribution in [-0.2, 0) is 4.74 Å². The maximum Gasteiger partial charge on any atom is 0.294 e. The number of carbonyl (C=O) groups excluding carboxylic acids is 1. The molecule has 7 nitrogen and oxygen atoms in total. The fourth-order valence-electron chi connectivity index (χ4n) is 2.66. The second kappa shape index (κ2) is 7.27. The number of rotatable bonds is 4. The number of amides is 1. The lowest BCUT2D eigenvalue weighted by molar-refractivity contribution is -0.384. The molecule has 0 aromatic heterocycles. The average molecular weight is 345 g/mol. The Labute approximate surface area is 143 Å². The summed E-state index contributed by atoms with van der Waals surface area (Å²) in [5.41, 5.74) is 0.463. The van der Waals surface area contributed by atoms with Crippen molar-refractivity contribution in [1.29, 1.82) is 0 Å². The summed E-state index contributed by atoms with van der Waals surface area (Å²) >= 11 is 0. The number of halogens is 1. The molecule has 0 unspecified atom stereocenters. The first-order chi connectivity index (χ1) is 12.1. The van der Waals surface area contributed by atoms with Crippen LogP contribution in [0.2, 0.25) is 0 Å². The molecule has 1 aliphatic heterocycles. The number of carbonyl (C=O) groups is 1. The molecule has 0 radical (unpaired) electrons. The van der Waals surface area contributed by atoms with Crippen molar-refractivity contribution in [1.82, 2.24) is 0 Å². The molecule has 0 bridgehead atoms. The van der Waals surface area contributed by atoms with Gasteiger partial charge < -0.3 is 15.0 Å². The van der Waals surface area contributed by atoms with E-state index in [2.05, 4.69) is 5.32 Å². The third kappa shape index (κ3) is 3.74. The summed E-state index contributed by atoms with van der Waals surface area (Å²) in [6.45, 7) is 2.12. The predicted molar refractivity (Wildman–Crippen MR) is 90.5 cm³/mol. The number of nitrogens with one attached hydrogen (secondary N) is 1. The van der Waals surface area contributed by atoms with Crippen molar-refractivity contribution in [2.24, 2.45) is 0 Å². The molecule has 2 aromatic carbocycles. The fraction of sp³-hybridized carbons (Fsp3) is 0.235. The van der Waals surface area contributed by atoms with Crippen molar-refractivity contribution in [3.05, 3.63) is 64.0 Å². The number of hydrogen-bond acceptors (Lipinski definition) is 5. The maximum atomic E-state index is 13.7. The second-order valence-electron chi connectivity index (χ2n) is 5.49. The van der Waals surface area contributed by atoms with Gasteiger partial charge in [0.05, 0.1) is 23.7 Å². The Balaban J connectivity index is 1.85. The Kier molecular flexibility index (Phi) is 4.90. The zero-order valence-electron chi connectivity index (χ0n) is 13.3. The molecular weight excluding hydrogens is 329 g/mol. The summed E-state index contributed by atoms with van der Waals surface area (Å²) in [5.74, 6) is -1.31. The van der Waals surface area contributed by atoms with Crippen molar-refractivity contribution < 1.29 is 18.8 Å². The number of benzene rings is 2. The van der Waals surface area contributed by atoms with E-state index in [0.29, 0.717) is 32.0 Å². The highest BCUT2D eigenvalue weighted by molar-refractivity contribution is 6.04. The highest BCUT2D eigenvalue weighted by Crippen LogP contribution is 2.31. The summed E-state index contributed by atoms with van der Waals surface area (Å²) in [5, 5.41) is 13.9. The highest BCUT2D eigenvalue weighted by atomic mass is 19.1. The lowest BCUT2D eigenvalue weighted by atomic mass is 10.1. The van der Waals surface area contributed by atoms with Gasteiger partial charge in [0, 0.05) is 24.8 Å². The van der Waals surface area contributed by atoms with E-state index in [9.17, 15) is 19.3 Å². The molecule has 25 heavy (non-hydrogen) atoms. The van der Waals surface area contributed by atoms with Gasteiger partial charge in [-0.3, -0.25) is 14.9 Å². The van der Waals surface area contributed by atoms with E-state index in [0.717, 1.165) is 0 Å². The first kappa shape index (κ1) is 16.8. The molecule has 0 aliphatic carbocycles. The quantitative estimate of drug-likeness (QED) is 0.680. The third-order valence-electron chi connectivity index (χ3n) is 3.90. The monoisotopic (exact) mass is 345 g/mol. The number of nitrogens with zero attached hydrogens (tertiary/aromatic N) is 2. The lowest BCUT2D eigenvalue weighted by Gasteiger charge is -2.28. The molecule has 0 saturated carbocycles. The molecule has 0 spiro atoms. The number of nitro groups is 1. The van der Waals surface area contributed by atoms with Crippen LogP contribution in [0.15, 0.2) is 42.5 Å². The topological polar surface area (TPSA) is 84.7 Å². The molecule has 0 atom stereocenters. The van der Waals surface area contributed by atoms with Crippen molar-refractivity contribution in [2.75, 3.05) is 36.5 Å². The summed E-state index contributed by atoms with van der Waals surface area (Å²) in [7, 11) is 0. The minimum absolute atomic E-state index is 0.117. The molecule has 1 fully saturated rings. The number of ether oxygens (including phenoxy) is 1. The normalized spacial score (nSPS) is 14.2.